The standard InChI is InChI=1S/C5H3IN5/c6-3-2-4(9-1-8-2)11-5(7)10-3/h1H,(H2,7,10,11). The van der Waals surface area contributed by atoms with Crippen LogP contribution in [0.3, 0.4) is 0 Å². The van der Waals surface area contributed by atoms with E-state index in [4.69, 9.17) is 5.73 Å². The normalized spacial score (nSPS) is 12.8. The van der Waals surface area contributed by atoms with E-state index in [1.54, 1.807) is 0 Å². The Hall–Kier alpha value is -0.920. The first-order valence-corrected chi connectivity index (χ1v) is 3.91. The highest BCUT2D eigenvalue weighted by Crippen LogP contribution is 2.30. The zero-order valence-corrected chi connectivity index (χ0v) is 7.48. The topological polar surface area (TPSA) is 78.3 Å². The van der Waals surface area contributed by atoms with Crippen molar-refractivity contribution in [2.75, 3.05) is 5.73 Å². The predicted molar refractivity (Wildman–Crippen MR) is 49.1 cm³/mol. The van der Waals surface area contributed by atoms with Crippen molar-refractivity contribution < 1.29 is 0 Å². The summed E-state index contributed by atoms with van der Waals surface area (Å²) in [6.07, 6.45) is 1.45. The number of aliphatic imine (C=N–C) groups is 1. The van der Waals surface area contributed by atoms with Gasteiger partial charge < -0.3 is 5.73 Å². The van der Waals surface area contributed by atoms with E-state index in [-0.39, 0.29) is 5.95 Å². The van der Waals surface area contributed by atoms with Crippen molar-refractivity contribution >= 4 is 46.4 Å². The highest BCUT2D eigenvalue weighted by Gasteiger charge is 2.14. The van der Waals surface area contributed by atoms with Crippen molar-refractivity contribution in [2.24, 2.45) is 4.99 Å². The van der Waals surface area contributed by atoms with E-state index >= 15 is 0 Å². The lowest BCUT2D eigenvalue weighted by atomic mass is 10.5. The number of nitrogen functional groups attached to an aromatic ring is 1. The molecule has 1 aliphatic heterocycles. The highest BCUT2D eigenvalue weighted by molar-refractivity contribution is 14.1. The van der Waals surface area contributed by atoms with E-state index < -0.39 is 0 Å². The number of halogens is 1. The van der Waals surface area contributed by atoms with Crippen LogP contribution in [0, 0.1) is 3.70 Å². The van der Waals surface area contributed by atoms with Crippen LogP contribution >= 0.6 is 22.6 Å². The average molecular weight is 260 g/mol. The molecule has 55 valence electrons. The molecule has 2 rings (SSSR count). The highest BCUT2D eigenvalue weighted by atomic mass is 127. The Morgan fingerprint density at radius 3 is 3.00 bits per heavy atom. The van der Waals surface area contributed by atoms with Gasteiger partial charge in [0.15, 0.2) is 5.82 Å². The Balaban J connectivity index is 2.67. The summed E-state index contributed by atoms with van der Waals surface area (Å²) in [5.74, 6) is 0.796. The van der Waals surface area contributed by atoms with Gasteiger partial charge in [0.2, 0.25) is 5.95 Å². The summed E-state index contributed by atoms with van der Waals surface area (Å²) in [6.45, 7) is 0. The molecule has 0 aliphatic carbocycles. The molecule has 0 bridgehead atoms. The first-order valence-electron chi connectivity index (χ1n) is 2.84. The van der Waals surface area contributed by atoms with Gasteiger partial charge in [-0.2, -0.15) is 4.98 Å². The second kappa shape index (κ2) is 2.29. The lowest BCUT2D eigenvalue weighted by molar-refractivity contribution is 1.11. The molecule has 5 nitrogen and oxygen atoms in total. The van der Waals surface area contributed by atoms with Crippen LogP contribution in [0.15, 0.2) is 4.99 Å². The molecule has 2 heterocycles. The predicted octanol–water partition coefficient (Wildman–Crippen LogP) is 0.573. The number of aromatic nitrogens is 2. The Kier molecular flexibility index (Phi) is 1.41. The third kappa shape index (κ3) is 1.02. The number of anilines is 1. The van der Waals surface area contributed by atoms with E-state index in [9.17, 15) is 0 Å². The lowest BCUT2D eigenvalue weighted by Crippen LogP contribution is -1.99. The molecule has 0 fully saturated rings. The van der Waals surface area contributed by atoms with E-state index in [1.165, 1.54) is 6.34 Å². The van der Waals surface area contributed by atoms with Gasteiger partial charge in [0, 0.05) is 0 Å². The van der Waals surface area contributed by atoms with Crippen molar-refractivity contribution in [1.82, 2.24) is 15.3 Å². The molecule has 0 atom stereocenters. The van der Waals surface area contributed by atoms with Crippen molar-refractivity contribution in [3.05, 3.63) is 3.70 Å². The molecular weight excluding hydrogens is 257 g/mol. The summed E-state index contributed by atoms with van der Waals surface area (Å²) < 4.78 is 0.739. The van der Waals surface area contributed by atoms with E-state index in [0.717, 1.165) is 3.70 Å². The van der Waals surface area contributed by atoms with Crippen molar-refractivity contribution in [1.29, 1.82) is 0 Å². The number of fused-ring (bicyclic) bond motifs is 1. The number of rotatable bonds is 0. The smallest absolute Gasteiger partial charge is 0.223 e. The zero-order valence-electron chi connectivity index (χ0n) is 5.32. The summed E-state index contributed by atoms with van der Waals surface area (Å²) in [5.41, 5.74) is 6.10. The molecule has 0 saturated carbocycles. The van der Waals surface area contributed by atoms with E-state index in [1.807, 2.05) is 22.6 Å². The van der Waals surface area contributed by atoms with E-state index in [0.29, 0.717) is 11.5 Å². The zero-order chi connectivity index (χ0) is 7.84. The van der Waals surface area contributed by atoms with Gasteiger partial charge >= 0.3 is 0 Å². The van der Waals surface area contributed by atoms with Crippen LogP contribution in [0.1, 0.15) is 0 Å². The second-order valence-corrected chi connectivity index (χ2v) is 2.94. The fourth-order valence-corrected chi connectivity index (χ4v) is 1.40. The average Bonchev–Trinajstić information content (AvgIpc) is 2.34. The van der Waals surface area contributed by atoms with Gasteiger partial charge in [0.1, 0.15) is 15.7 Å². The van der Waals surface area contributed by atoms with Crippen molar-refractivity contribution in [3.8, 4) is 0 Å². The van der Waals surface area contributed by atoms with Gasteiger partial charge in [-0.3, -0.25) is 0 Å². The van der Waals surface area contributed by atoms with Gasteiger partial charge in [0.25, 0.3) is 0 Å². The van der Waals surface area contributed by atoms with Crippen LogP contribution in [-0.4, -0.2) is 16.3 Å². The number of hydrogen-bond donors (Lipinski definition) is 1. The first kappa shape index (κ1) is 6.77. The second-order valence-electron chi connectivity index (χ2n) is 1.92. The molecule has 11 heavy (non-hydrogen) atoms. The molecular formula is C5H3IN5. The first-order chi connectivity index (χ1) is 5.27. The summed E-state index contributed by atoms with van der Waals surface area (Å²) >= 11 is 2.05. The van der Waals surface area contributed by atoms with Crippen LogP contribution in [0.25, 0.3) is 0 Å². The van der Waals surface area contributed by atoms with Crippen LogP contribution in [0.2, 0.25) is 0 Å². The van der Waals surface area contributed by atoms with Crippen LogP contribution < -0.4 is 11.1 Å². The van der Waals surface area contributed by atoms with Crippen LogP contribution in [0.4, 0.5) is 17.5 Å². The van der Waals surface area contributed by atoms with Gasteiger partial charge in [-0.15, -0.1) is 0 Å². The molecule has 0 amide bonds. The Morgan fingerprint density at radius 2 is 2.18 bits per heavy atom. The molecule has 0 spiro atoms. The summed E-state index contributed by atoms with van der Waals surface area (Å²) in [6, 6.07) is 0. The third-order valence-corrected chi connectivity index (χ3v) is 1.96. The van der Waals surface area contributed by atoms with Crippen LogP contribution in [-0.2, 0) is 0 Å². The SMILES string of the molecule is Nc1nc(I)c2c(n1)[N]C=N2. The lowest BCUT2D eigenvalue weighted by Gasteiger charge is -1.97. The molecule has 1 aromatic heterocycles. The molecule has 1 aliphatic rings. The van der Waals surface area contributed by atoms with Crippen molar-refractivity contribution in [2.45, 2.75) is 0 Å². The summed E-state index contributed by atoms with van der Waals surface area (Å²) in [4.78, 5) is 11.8. The van der Waals surface area contributed by atoms with Gasteiger partial charge in [-0.1, -0.05) is 0 Å². The van der Waals surface area contributed by atoms with Gasteiger partial charge in [-0.25, -0.2) is 15.3 Å². The quantitative estimate of drug-likeness (QED) is 0.547. The van der Waals surface area contributed by atoms with Gasteiger partial charge in [0.05, 0.1) is 0 Å². The monoisotopic (exact) mass is 260 g/mol. The number of nitrogens with two attached hydrogens (primary N) is 1. The largest absolute Gasteiger partial charge is 0.368 e. The fraction of sp³-hybridized carbons (Fsp3) is 0. The molecule has 0 aromatic carbocycles. The molecule has 0 unspecified atom stereocenters. The molecule has 1 radical (unpaired) electrons. The minimum atomic E-state index is 0.238. The molecule has 6 heteroatoms. The minimum Gasteiger partial charge on any atom is -0.368 e. The molecule has 2 N–H and O–H groups in total. The Morgan fingerprint density at radius 1 is 1.36 bits per heavy atom. The molecule has 1 aromatic rings. The van der Waals surface area contributed by atoms with E-state index in [2.05, 4.69) is 20.3 Å². The summed E-state index contributed by atoms with van der Waals surface area (Å²) in [5, 5.41) is 3.89. The summed E-state index contributed by atoms with van der Waals surface area (Å²) in [7, 11) is 0. The van der Waals surface area contributed by atoms with Crippen LogP contribution in [0.5, 0.6) is 0 Å². The fourth-order valence-electron chi connectivity index (χ4n) is 0.775. The molecule has 0 saturated heterocycles. The Labute approximate surface area is 76.3 Å². The maximum absolute atomic E-state index is 5.39. The maximum Gasteiger partial charge on any atom is 0.223 e. The third-order valence-electron chi connectivity index (χ3n) is 1.21. The number of nitrogens with zero attached hydrogens (tertiary/aromatic N) is 4. The minimum absolute atomic E-state index is 0.238. The van der Waals surface area contributed by atoms with Crippen molar-refractivity contribution in [3.63, 3.8) is 0 Å². The van der Waals surface area contributed by atoms with Gasteiger partial charge in [-0.05, 0) is 22.6 Å². The number of hydrogen-bond acceptors (Lipinski definition) is 4. The Bertz CT molecular complexity index is 334. The maximum atomic E-state index is 5.39.